The van der Waals surface area contributed by atoms with Crippen molar-refractivity contribution in [3.63, 3.8) is 0 Å². The maximum absolute atomic E-state index is 11.1. The average Bonchev–Trinajstić information content (AvgIpc) is 2.21. The van der Waals surface area contributed by atoms with Crippen molar-refractivity contribution in [2.24, 2.45) is 5.92 Å². The van der Waals surface area contributed by atoms with E-state index in [2.05, 4.69) is 9.47 Å². The van der Waals surface area contributed by atoms with Crippen LogP contribution in [0.2, 0.25) is 0 Å². The van der Waals surface area contributed by atoms with E-state index in [1.54, 1.807) is 0 Å². The van der Waals surface area contributed by atoms with Crippen LogP contribution in [0.3, 0.4) is 0 Å². The summed E-state index contributed by atoms with van der Waals surface area (Å²) in [5.74, 6) is -3.25. The second-order valence-corrected chi connectivity index (χ2v) is 4.60. The number of rotatable bonds is 6. The van der Waals surface area contributed by atoms with Crippen molar-refractivity contribution >= 4 is 22.1 Å². The third-order valence-electron chi connectivity index (χ3n) is 1.87. The molecule has 0 rings (SSSR count). The SMILES string of the molecule is COC(=O)C(CCCS(=O)(=O)O)C(=O)OC. The number of methoxy groups -OCH3 is 2. The van der Waals surface area contributed by atoms with Crippen molar-refractivity contribution in [3.05, 3.63) is 0 Å². The zero-order valence-electron chi connectivity index (χ0n) is 9.00. The van der Waals surface area contributed by atoms with Gasteiger partial charge in [0.05, 0.1) is 20.0 Å². The van der Waals surface area contributed by atoms with E-state index in [0.29, 0.717) is 0 Å². The molecule has 0 aromatic carbocycles. The highest BCUT2D eigenvalue weighted by Crippen LogP contribution is 2.11. The molecule has 0 saturated heterocycles. The largest absolute Gasteiger partial charge is 0.468 e. The summed E-state index contributed by atoms with van der Waals surface area (Å²) in [5.41, 5.74) is 0. The Bertz CT molecular complexity index is 329. The molecule has 0 radical (unpaired) electrons. The fourth-order valence-corrected chi connectivity index (χ4v) is 1.62. The first-order chi connectivity index (χ1) is 7.31. The molecule has 0 unspecified atom stereocenters. The Hall–Kier alpha value is -1.15. The monoisotopic (exact) mass is 254 g/mol. The van der Waals surface area contributed by atoms with E-state index in [1.807, 2.05) is 0 Å². The first-order valence-electron chi connectivity index (χ1n) is 4.42. The lowest BCUT2D eigenvalue weighted by Crippen LogP contribution is -2.27. The van der Waals surface area contributed by atoms with Crippen LogP contribution in [0.5, 0.6) is 0 Å². The summed E-state index contributed by atoms with van der Waals surface area (Å²) in [4.78, 5) is 22.3. The van der Waals surface area contributed by atoms with Gasteiger partial charge in [-0.15, -0.1) is 0 Å². The van der Waals surface area contributed by atoms with Crippen molar-refractivity contribution in [3.8, 4) is 0 Å². The third-order valence-corrected chi connectivity index (χ3v) is 2.67. The van der Waals surface area contributed by atoms with Crippen molar-refractivity contribution < 1.29 is 32.0 Å². The molecule has 0 spiro atoms. The van der Waals surface area contributed by atoms with Crippen LogP contribution in [0.1, 0.15) is 12.8 Å². The van der Waals surface area contributed by atoms with E-state index in [0.717, 1.165) is 14.2 Å². The molecular weight excluding hydrogens is 240 g/mol. The molecule has 8 heteroatoms. The Morgan fingerprint density at radius 1 is 1.19 bits per heavy atom. The van der Waals surface area contributed by atoms with Gasteiger partial charge in [-0.3, -0.25) is 14.1 Å². The zero-order chi connectivity index (χ0) is 12.8. The van der Waals surface area contributed by atoms with Crippen molar-refractivity contribution in [1.29, 1.82) is 0 Å². The lowest BCUT2D eigenvalue weighted by molar-refractivity contribution is -0.159. The van der Waals surface area contributed by atoms with Gasteiger partial charge >= 0.3 is 11.9 Å². The van der Waals surface area contributed by atoms with Gasteiger partial charge in [0, 0.05) is 0 Å². The summed E-state index contributed by atoms with van der Waals surface area (Å²) in [6.07, 6.45) is -0.0904. The summed E-state index contributed by atoms with van der Waals surface area (Å²) in [6, 6.07) is 0. The molecule has 0 aromatic rings. The summed E-state index contributed by atoms with van der Waals surface area (Å²) in [7, 11) is -1.86. The minimum atomic E-state index is -4.09. The minimum Gasteiger partial charge on any atom is -0.468 e. The summed E-state index contributed by atoms with van der Waals surface area (Å²) >= 11 is 0. The maximum Gasteiger partial charge on any atom is 0.320 e. The van der Waals surface area contributed by atoms with Gasteiger partial charge in [0.15, 0.2) is 5.92 Å². The molecule has 0 aliphatic heterocycles. The topological polar surface area (TPSA) is 107 Å². The van der Waals surface area contributed by atoms with Crippen LogP contribution in [0.25, 0.3) is 0 Å². The summed E-state index contributed by atoms with van der Waals surface area (Å²) in [6.45, 7) is 0. The Kier molecular flexibility index (Phi) is 5.97. The number of hydrogen-bond acceptors (Lipinski definition) is 6. The molecule has 0 amide bonds. The van der Waals surface area contributed by atoms with E-state index in [-0.39, 0.29) is 12.8 Å². The van der Waals surface area contributed by atoms with Gasteiger partial charge in [-0.1, -0.05) is 0 Å². The molecule has 0 aliphatic carbocycles. The number of ether oxygens (including phenoxy) is 2. The molecule has 0 bridgehead atoms. The molecule has 1 N–H and O–H groups in total. The van der Waals surface area contributed by atoms with E-state index in [1.165, 1.54) is 0 Å². The molecule has 7 nitrogen and oxygen atoms in total. The van der Waals surface area contributed by atoms with Crippen molar-refractivity contribution in [2.75, 3.05) is 20.0 Å². The number of carbonyl (C=O) groups is 2. The molecule has 94 valence electrons. The molecule has 0 heterocycles. The number of esters is 2. The van der Waals surface area contributed by atoms with Crippen molar-refractivity contribution in [2.45, 2.75) is 12.8 Å². The molecule has 0 saturated carbocycles. The third kappa shape index (κ3) is 5.66. The molecule has 0 fully saturated rings. The van der Waals surface area contributed by atoms with Crippen LogP contribution in [0, 0.1) is 5.92 Å². The normalized spacial score (nSPS) is 11.2. The fourth-order valence-electron chi connectivity index (χ4n) is 1.09. The van der Waals surface area contributed by atoms with E-state index >= 15 is 0 Å². The van der Waals surface area contributed by atoms with Gasteiger partial charge in [-0.05, 0) is 12.8 Å². The molecular formula is C8H14O7S. The van der Waals surface area contributed by atoms with Gasteiger partial charge in [0.2, 0.25) is 0 Å². The summed E-state index contributed by atoms with van der Waals surface area (Å²) < 4.78 is 38.0. The Morgan fingerprint density at radius 2 is 1.62 bits per heavy atom. The second kappa shape index (κ2) is 6.44. The second-order valence-electron chi connectivity index (χ2n) is 3.03. The highest BCUT2D eigenvalue weighted by Gasteiger charge is 2.28. The van der Waals surface area contributed by atoms with Crippen LogP contribution >= 0.6 is 0 Å². The lowest BCUT2D eigenvalue weighted by atomic mass is 10.0. The van der Waals surface area contributed by atoms with E-state index in [9.17, 15) is 18.0 Å². The molecule has 0 atom stereocenters. The van der Waals surface area contributed by atoms with E-state index < -0.39 is 33.7 Å². The minimum absolute atomic E-state index is 0.0340. The lowest BCUT2D eigenvalue weighted by Gasteiger charge is -2.11. The Balaban J connectivity index is 4.34. The van der Waals surface area contributed by atoms with Gasteiger partial charge < -0.3 is 9.47 Å². The van der Waals surface area contributed by atoms with Gasteiger partial charge in [0.1, 0.15) is 0 Å². The number of hydrogen-bond donors (Lipinski definition) is 1. The standard InChI is InChI=1S/C8H14O7S/c1-14-7(9)6(8(10)15-2)4-3-5-16(11,12)13/h6H,3-5H2,1-2H3,(H,11,12,13). The maximum atomic E-state index is 11.1. The zero-order valence-corrected chi connectivity index (χ0v) is 9.82. The summed E-state index contributed by atoms with van der Waals surface area (Å²) in [5, 5.41) is 0. The predicted molar refractivity (Wildman–Crippen MR) is 53.2 cm³/mol. The Morgan fingerprint density at radius 3 is 1.94 bits per heavy atom. The Labute approximate surface area is 93.5 Å². The first-order valence-corrected chi connectivity index (χ1v) is 6.03. The average molecular weight is 254 g/mol. The van der Waals surface area contributed by atoms with Crippen molar-refractivity contribution in [1.82, 2.24) is 0 Å². The fraction of sp³-hybridized carbons (Fsp3) is 0.750. The van der Waals surface area contributed by atoms with Gasteiger partial charge in [0.25, 0.3) is 10.1 Å². The first kappa shape index (κ1) is 14.8. The molecule has 0 aliphatic rings. The number of carbonyl (C=O) groups excluding carboxylic acids is 2. The highest BCUT2D eigenvalue weighted by molar-refractivity contribution is 7.85. The quantitative estimate of drug-likeness (QED) is 0.391. The van der Waals surface area contributed by atoms with E-state index in [4.69, 9.17) is 4.55 Å². The van der Waals surface area contributed by atoms with Crippen LogP contribution in [-0.4, -0.2) is 44.9 Å². The van der Waals surface area contributed by atoms with Crippen LogP contribution in [0.15, 0.2) is 0 Å². The van der Waals surface area contributed by atoms with Gasteiger partial charge in [-0.25, -0.2) is 0 Å². The molecule has 16 heavy (non-hydrogen) atoms. The van der Waals surface area contributed by atoms with Crippen LogP contribution in [-0.2, 0) is 29.2 Å². The molecule has 0 aromatic heterocycles. The van der Waals surface area contributed by atoms with Crippen LogP contribution < -0.4 is 0 Å². The highest BCUT2D eigenvalue weighted by atomic mass is 32.2. The van der Waals surface area contributed by atoms with Crippen LogP contribution in [0.4, 0.5) is 0 Å². The predicted octanol–water partition coefficient (Wildman–Crippen LogP) is -0.383. The van der Waals surface area contributed by atoms with Gasteiger partial charge in [-0.2, -0.15) is 8.42 Å². The smallest absolute Gasteiger partial charge is 0.320 e.